The summed E-state index contributed by atoms with van der Waals surface area (Å²) < 4.78 is 0. The minimum Gasteiger partial charge on any atom is -0.398 e. The molecule has 3 heteroatoms. The zero-order valence-corrected chi connectivity index (χ0v) is 10.7. The zero-order chi connectivity index (χ0) is 13.0. The highest BCUT2D eigenvalue weighted by Crippen LogP contribution is 2.17. The summed E-state index contributed by atoms with van der Waals surface area (Å²) in [6.07, 6.45) is 2.55. The van der Waals surface area contributed by atoms with Crippen molar-refractivity contribution >= 4 is 11.6 Å². The van der Waals surface area contributed by atoms with E-state index in [1.54, 1.807) is 12.1 Å². The number of carbonyl (C=O) groups excluding carboxylic acids is 1. The molecule has 0 spiro atoms. The molecule has 92 valence electrons. The third kappa shape index (κ3) is 3.34. The maximum absolute atomic E-state index is 12.0. The van der Waals surface area contributed by atoms with E-state index in [1.165, 1.54) is 0 Å². The van der Waals surface area contributed by atoms with Crippen LogP contribution >= 0.6 is 0 Å². The van der Waals surface area contributed by atoms with Crippen molar-refractivity contribution in [3.8, 4) is 0 Å². The van der Waals surface area contributed by atoms with Gasteiger partial charge in [-0.05, 0) is 44.4 Å². The third-order valence-electron chi connectivity index (χ3n) is 2.76. The predicted molar refractivity (Wildman–Crippen MR) is 72.1 cm³/mol. The van der Waals surface area contributed by atoms with Crippen LogP contribution in [0.4, 0.5) is 5.69 Å². The molecule has 0 aliphatic carbocycles. The Bertz CT molecular complexity index is 438. The molecule has 0 aromatic heterocycles. The first kappa shape index (κ1) is 13.3. The Hall–Kier alpha value is -1.77. The molecule has 0 radical (unpaired) electrons. The van der Waals surface area contributed by atoms with E-state index in [0.717, 1.165) is 17.5 Å². The summed E-state index contributed by atoms with van der Waals surface area (Å²) in [5.74, 6) is -0.0800. The molecule has 3 nitrogen and oxygen atoms in total. The number of benzene rings is 1. The second-order valence-electron chi connectivity index (χ2n) is 4.42. The van der Waals surface area contributed by atoms with Crippen molar-refractivity contribution in [3.05, 3.63) is 41.5 Å². The Kier molecular flexibility index (Phi) is 4.32. The molecule has 0 bridgehead atoms. The molecule has 0 aliphatic rings. The van der Waals surface area contributed by atoms with Gasteiger partial charge in [0.05, 0.1) is 0 Å². The Morgan fingerprint density at radius 2 is 2.12 bits per heavy atom. The average molecular weight is 232 g/mol. The van der Waals surface area contributed by atoms with Crippen LogP contribution in [0.25, 0.3) is 0 Å². The minimum absolute atomic E-state index is 0.0800. The number of nitrogens with two attached hydrogens (primary N) is 1. The quantitative estimate of drug-likeness (QED) is 0.619. The van der Waals surface area contributed by atoms with Gasteiger partial charge in [0.1, 0.15) is 0 Å². The standard InChI is InChI=1S/C14H20N2O/c1-5-6-11(4)16-14(17)12-8-13(15)10(3)7-9(12)2/h5,7-8,11H,1,6,15H2,2-4H3,(H,16,17). The van der Waals surface area contributed by atoms with Crippen LogP contribution in [-0.4, -0.2) is 11.9 Å². The van der Waals surface area contributed by atoms with Gasteiger partial charge in [0.2, 0.25) is 0 Å². The van der Waals surface area contributed by atoms with Gasteiger partial charge in [-0.15, -0.1) is 6.58 Å². The smallest absolute Gasteiger partial charge is 0.251 e. The van der Waals surface area contributed by atoms with Crippen LogP contribution in [0, 0.1) is 13.8 Å². The number of aryl methyl sites for hydroxylation is 2. The number of amides is 1. The maximum Gasteiger partial charge on any atom is 0.251 e. The number of hydrogen-bond acceptors (Lipinski definition) is 2. The molecule has 0 saturated carbocycles. The van der Waals surface area contributed by atoms with E-state index in [2.05, 4.69) is 11.9 Å². The van der Waals surface area contributed by atoms with Crippen molar-refractivity contribution in [2.75, 3.05) is 5.73 Å². The van der Waals surface area contributed by atoms with Crippen LogP contribution in [0.15, 0.2) is 24.8 Å². The topological polar surface area (TPSA) is 55.1 Å². The van der Waals surface area contributed by atoms with Crippen LogP contribution in [0.1, 0.15) is 34.8 Å². The molecule has 17 heavy (non-hydrogen) atoms. The fourth-order valence-corrected chi connectivity index (χ4v) is 1.72. The zero-order valence-electron chi connectivity index (χ0n) is 10.7. The highest BCUT2D eigenvalue weighted by molar-refractivity contribution is 5.96. The fraction of sp³-hybridized carbons (Fsp3) is 0.357. The van der Waals surface area contributed by atoms with Crippen molar-refractivity contribution in [1.82, 2.24) is 5.32 Å². The van der Waals surface area contributed by atoms with Gasteiger partial charge in [-0.1, -0.05) is 12.1 Å². The van der Waals surface area contributed by atoms with E-state index in [4.69, 9.17) is 5.73 Å². The first-order valence-electron chi connectivity index (χ1n) is 5.74. The van der Waals surface area contributed by atoms with Crippen molar-refractivity contribution < 1.29 is 4.79 Å². The van der Waals surface area contributed by atoms with Crippen LogP contribution in [0.2, 0.25) is 0 Å². The Morgan fingerprint density at radius 3 is 2.71 bits per heavy atom. The maximum atomic E-state index is 12.0. The second kappa shape index (κ2) is 5.53. The normalized spacial score (nSPS) is 11.9. The number of carbonyl (C=O) groups is 1. The van der Waals surface area contributed by atoms with Gasteiger partial charge in [0.25, 0.3) is 5.91 Å². The van der Waals surface area contributed by atoms with Crippen LogP contribution in [0.5, 0.6) is 0 Å². The van der Waals surface area contributed by atoms with Crippen molar-refractivity contribution in [3.63, 3.8) is 0 Å². The van der Waals surface area contributed by atoms with Gasteiger partial charge in [-0.3, -0.25) is 4.79 Å². The first-order valence-corrected chi connectivity index (χ1v) is 5.74. The highest BCUT2D eigenvalue weighted by atomic mass is 16.1. The molecule has 1 atom stereocenters. The summed E-state index contributed by atoms with van der Waals surface area (Å²) in [5, 5.41) is 2.92. The van der Waals surface area contributed by atoms with E-state index in [0.29, 0.717) is 11.3 Å². The summed E-state index contributed by atoms with van der Waals surface area (Å²) in [7, 11) is 0. The molecule has 1 aromatic carbocycles. The number of nitrogen functional groups attached to an aromatic ring is 1. The van der Waals surface area contributed by atoms with E-state index in [9.17, 15) is 4.79 Å². The van der Waals surface area contributed by atoms with Gasteiger partial charge in [0, 0.05) is 17.3 Å². The summed E-state index contributed by atoms with van der Waals surface area (Å²) in [6, 6.07) is 3.75. The lowest BCUT2D eigenvalue weighted by Gasteiger charge is -2.14. The van der Waals surface area contributed by atoms with Crippen LogP contribution in [-0.2, 0) is 0 Å². The summed E-state index contributed by atoms with van der Waals surface area (Å²) >= 11 is 0. The molecule has 0 heterocycles. The summed E-state index contributed by atoms with van der Waals surface area (Å²) in [4.78, 5) is 12.0. The summed E-state index contributed by atoms with van der Waals surface area (Å²) in [6.45, 7) is 9.45. The van der Waals surface area contributed by atoms with Gasteiger partial charge in [-0.2, -0.15) is 0 Å². The third-order valence-corrected chi connectivity index (χ3v) is 2.76. The number of nitrogens with one attached hydrogen (secondary N) is 1. The Balaban J connectivity index is 2.89. The van der Waals surface area contributed by atoms with Crippen LogP contribution < -0.4 is 11.1 Å². The minimum atomic E-state index is -0.0800. The van der Waals surface area contributed by atoms with Crippen LogP contribution in [0.3, 0.4) is 0 Å². The van der Waals surface area contributed by atoms with Crippen molar-refractivity contribution in [2.45, 2.75) is 33.2 Å². The predicted octanol–water partition coefficient (Wildman–Crippen LogP) is 2.58. The number of hydrogen-bond donors (Lipinski definition) is 2. The lowest BCUT2D eigenvalue weighted by molar-refractivity contribution is 0.0940. The first-order chi connectivity index (χ1) is 7.95. The van der Waals surface area contributed by atoms with E-state index < -0.39 is 0 Å². The second-order valence-corrected chi connectivity index (χ2v) is 4.42. The van der Waals surface area contributed by atoms with Crippen molar-refractivity contribution in [2.24, 2.45) is 0 Å². The van der Waals surface area contributed by atoms with Gasteiger partial charge < -0.3 is 11.1 Å². The molecular formula is C14H20N2O. The molecule has 0 saturated heterocycles. The molecule has 0 fully saturated rings. The monoisotopic (exact) mass is 232 g/mol. The Labute approximate surface area is 103 Å². The molecule has 1 unspecified atom stereocenters. The highest BCUT2D eigenvalue weighted by Gasteiger charge is 2.12. The van der Waals surface area contributed by atoms with Crippen molar-refractivity contribution in [1.29, 1.82) is 0 Å². The van der Waals surface area contributed by atoms with E-state index in [-0.39, 0.29) is 11.9 Å². The van der Waals surface area contributed by atoms with E-state index >= 15 is 0 Å². The molecular weight excluding hydrogens is 212 g/mol. The average Bonchev–Trinajstić information content (AvgIpc) is 2.23. The molecule has 1 amide bonds. The largest absolute Gasteiger partial charge is 0.398 e. The molecule has 1 rings (SSSR count). The van der Waals surface area contributed by atoms with Gasteiger partial charge in [-0.25, -0.2) is 0 Å². The number of rotatable bonds is 4. The lowest BCUT2D eigenvalue weighted by atomic mass is 10.0. The fourth-order valence-electron chi connectivity index (χ4n) is 1.72. The van der Waals surface area contributed by atoms with Gasteiger partial charge >= 0.3 is 0 Å². The van der Waals surface area contributed by atoms with E-state index in [1.807, 2.05) is 26.8 Å². The summed E-state index contributed by atoms with van der Waals surface area (Å²) in [5.41, 5.74) is 9.06. The molecule has 1 aromatic rings. The molecule has 0 aliphatic heterocycles. The van der Waals surface area contributed by atoms with Gasteiger partial charge in [0.15, 0.2) is 0 Å². The SMILES string of the molecule is C=CCC(C)NC(=O)c1cc(N)c(C)cc1C. The molecule has 3 N–H and O–H groups in total. The lowest BCUT2D eigenvalue weighted by Crippen LogP contribution is -2.32. The number of anilines is 1. The Morgan fingerprint density at radius 1 is 1.47 bits per heavy atom.